The van der Waals surface area contributed by atoms with Crippen molar-refractivity contribution in [2.45, 2.75) is 18.9 Å². The summed E-state index contributed by atoms with van der Waals surface area (Å²) in [6.45, 7) is 0. The third kappa shape index (κ3) is 3.73. The van der Waals surface area contributed by atoms with Gasteiger partial charge >= 0.3 is 17.6 Å². The molecule has 0 fully saturated rings. The van der Waals surface area contributed by atoms with Crippen molar-refractivity contribution in [1.29, 1.82) is 0 Å². The van der Waals surface area contributed by atoms with Crippen LogP contribution in [0.2, 0.25) is 0 Å². The summed E-state index contributed by atoms with van der Waals surface area (Å²) in [7, 11) is 0. The fourth-order valence-electron chi connectivity index (χ4n) is 1.95. The molecule has 1 heterocycles. The van der Waals surface area contributed by atoms with E-state index in [0.29, 0.717) is 0 Å². The molecule has 8 nitrogen and oxygen atoms in total. The van der Waals surface area contributed by atoms with E-state index in [2.05, 4.69) is 4.99 Å². The van der Waals surface area contributed by atoms with Crippen molar-refractivity contribution in [3.63, 3.8) is 0 Å². The Balaban J connectivity index is 2.37. The molecule has 0 saturated carbocycles. The van der Waals surface area contributed by atoms with E-state index < -0.39 is 23.6 Å². The van der Waals surface area contributed by atoms with E-state index in [4.69, 9.17) is 14.6 Å². The van der Waals surface area contributed by atoms with Crippen molar-refractivity contribution in [2.24, 2.45) is 4.99 Å². The molecule has 3 N–H and O–H groups in total. The Hall–Kier alpha value is -3.16. The van der Waals surface area contributed by atoms with Crippen molar-refractivity contribution in [1.82, 2.24) is 0 Å². The predicted octanol–water partition coefficient (Wildman–Crippen LogP) is 1.24. The molecule has 0 aliphatic carbocycles. The lowest BCUT2D eigenvalue weighted by molar-refractivity contribution is -0.139. The van der Waals surface area contributed by atoms with Gasteiger partial charge in [-0.3, -0.25) is 9.79 Å². The molecule has 120 valence electrons. The molecule has 8 heteroatoms. The Bertz CT molecular complexity index is 837. The second kappa shape index (κ2) is 6.73. The van der Waals surface area contributed by atoms with Gasteiger partial charge in [0.15, 0.2) is 0 Å². The summed E-state index contributed by atoms with van der Waals surface area (Å²) in [6, 6.07) is 4.96. The van der Waals surface area contributed by atoms with Crippen LogP contribution in [0.25, 0.3) is 11.0 Å². The van der Waals surface area contributed by atoms with Crippen molar-refractivity contribution in [3.8, 4) is 5.75 Å². The van der Waals surface area contributed by atoms with Gasteiger partial charge in [-0.05, 0) is 18.6 Å². The topological polar surface area (TPSA) is 137 Å². The standard InChI is InChI=1S/C15H13NO7/c17-12(18)6-5-10(14(20)21)16-7-9-13(19)8-3-1-2-4-11(8)23-15(9)22/h1-4,7,10,19H,5-6H2,(H,17,18)(H,20,21). The van der Waals surface area contributed by atoms with Crippen molar-refractivity contribution >= 4 is 29.1 Å². The molecule has 1 aromatic heterocycles. The molecule has 1 unspecified atom stereocenters. The number of benzene rings is 1. The first-order chi connectivity index (χ1) is 10.9. The molecule has 0 amide bonds. The van der Waals surface area contributed by atoms with Gasteiger partial charge < -0.3 is 19.7 Å². The fraction of sp³-hybridized carbons (Fsp3) is 0.200. The zero-order valence-corrected chi connectivity index (χ0v) is 11.8. The Morgan fingerprint density at radius 3 is 2.61 bits per heavy atom. The van der Waals surface area contributed by atoms with E-state index >= 15 is 0 Å². The summed E-state index contributed by atoms with van der Waals surface area (Å²) in [4.78, 5) is 37.1. The van der Waals surface area contributed by atoms with Gasteiger partial charge in [-0.2, -0.15) is 0 Å². The lowest BCUT2D eigenvalue weighted by Gasteiger charge is -2.06. The molecule has 0 radical (unpaired) electrons. The van der Waals surface area contributed by atoms with Crippen LogP contribution in [0.4, 0.5) is 0 Å². The molecule has 1 atom stereocenters. The molecular formula is C15H13NO7. The summed E-state index contributed by atoms with van der Waals surface area (Å²) >= 11 is 0. The first kappa shape index (κ1) is 16.2. The fourth-order valence-corrected chi connectivity index (χ4v) is 1.95. The first-order valence-corrected chi connectivity index (χ1v) is 6.62. The normalized spacial score (nSPS) is 12.5. The minimum absolute atomic E-state index is 0.188. The minimum Gasteiger partial charge on any atom is -0.506 e. The smallest absolute Gasteiger partial charge is 0.348 e. The van der Waals surface area contributed by atoms with Crippen LogP contribution >= 0.6 is 0 Å². The predicted molar refractivity (Wildman–Crippen MR) is 80.0 cm³/mol. The molecule has 0 aliphatic rings. The number of aliphatic carboxylic acids is 2. The molecule has 0 bridgehead atoms. The monoisotopic (exact) mass is 319 g/mol. The van der Waals surface area contributed by atoms with Crippen LogP contribution in [0.3, 0.4) is 0 Å². The second-order valence-corrected chi connectivity index (χ2v) is 4.71. The third-order valence-corrected chi connectivity index (χ3v) is 3.12. The number of carbonyl (C=O) groups is 2. The second-order valence-electron chi connectivity index (χ2n) is 4.71. The minimum atomic E-state index is -1.34. The van der Waals surface area contributed by atoms with Crippen LogP contribution in [0.1, 0.15) is 18.4 Å². The Kier molecular flexibility index (Phi) is 4.75. The maximum Gasteiger partial charge on any atom is 0.348 e. The number of hydrogen-bond acceptors (Lipinski definition) is 6. The van der Waals surface area contributed by atoms with E-state index in [1.807, 2.05) is 0 Å². The Labute approximate surface area is 129 Å². The quantitative estimate of drug-likeness (QED) is 0.538. The average Bonchev–Trinajstić information content (AvgIpc) is 2.49. The van der Waals surface area contributed by atoms with Crippen LogP contribution in [0.15, 0.2) is 38.5 Å². The molecule has 2 aromatic rings. The summed E-state index contributed by atoms with van der Waals surface area (Å²) in [5.41, 5.74) is -0.967. The number of para-hydroxylation sites is 1. The SMILES string of the molecule is O=C(O)CCC(N=Cc1c(O)c2ccccc2oc1=O)C(=O)O. The zero-order valence-electron chi connectivity index (χ0n) is 11.8. The molecule has 1 aromatic carbocycles. The number of carboxylic acid groups (broad SMARTS) is 2. The molecule has 0 saturated heterocycles. The largest absolute Gasteiger partial charge is 0.506 e. The maximum atomic E-state index is 11.8. The number of carboxylic acids is 2. The number of aliphatic imine (C=N–C) groups is 1. The zero-order chi connectivity index (χ0) is 17.0. The highest BCUT2D eigenvalue weighted by Gasteiger charge is 2.18. The van der Waals surface area contributed by atoms with E-state index in [9.17, 15) is 19.5 Å². The van der Waals surface area contributed by atoms with Crippen molar-refractivity contribution in [2.75, 3.05) is 0 Å². The number of fused-ring (bicyclic) bond motifs is 1. The van der Waals surface area contributed by atoms with Crippen molar-refractivity contribution in [3.05, 3.63) is 40.2 Å². The highest BCUT2D eigenvalue weighted by Crippen LogP contribution is 2.24. The summed E-state index contributed by atoms with van der Waals surface area (Å²) in [5, 5.41) is 28.0. The first-order valence-electron chi connectivity index (χ1n) is 6.62. The van der Waals surface area contributed by atoms with E-state index in [-0.39, 0.29) is 35.1 Å². The molecule has 0 aliphatic heterocycles. The summed E-state index contributed by atoms with van der Waals surface area (Å²) in [5.74, 6) is -2.85. The number of hydrogen-bond donors (Lipinski definition) is 3. The van der Waals surface area contributed by atoms with Crippen LogP contribution in [0.5, 0.6) is 5.75 Å². The summed E-state index contributed by atoms with van der Waals surface area (Å²) < 4.78 is 5.02. The van der Waals surface area contributed by atoms with Crippen LogP contribution < -0.4 is 5.63 Å². The molecule has 23 heavy (non-hydrogen) atoms. The van der Waals surface area contributed by atoms with Crippen LogP contribution in [0, 0.1) is 0 Å². The van der Waals surface area contributed by atoms with Gasteiger partial charge in [-0.1, -0.05) is 12.1 Å². The van der Waals surface area contributed by atoms with Crippen molar-refractivity contribution < 1.29 is 29.3 Å². The van der Waals surface area contributed by atoms with Crippen LogP contribution in [-0.4, -0.2) is 39.5 Å². The van der Waals surface area contributed by atoms with Crippen LogP contribution in [-0.2, 0) is 9.59 Å². The lowest BCUT2D eigenvalue weighted by Crippen LogP contribution is -2.20. The highest BCUT2D eigenvalue weighted by atomic mass is 16.4. The van der Waals surface area contributed by atoms with Gasteiger partial charge in [0, 0.05) is 12.6 Å². The van der Waals surface area contributed by atoms with Gasteiger partial charge in [-0.25, -0.2) is 9.59 Å². The highest BCUT2D eigenvalue weighted by molar-refractivity contribution is 5.94. The van der Waals surface area contributed by atoms with Gasteiger partial charge in [0.05, 0.1) is 5.39 Å². The average molecular weight is 319 g/mol. The van der Waals surface area contributed by atoms with Gasteiger partial charge in [0.1, 0.15) is 22.9 Å². The van der Waals surface area contributed by atoms with Gasteiger partial charge in [0.2, 0.25) is 0 Å². The lowest BCUT2D eigenvalue weighted by atomic mass is 10.1. The maximum absolute atomic E-state index is 11.8. The number of aromatic hydroxyl groups is 1. The van der Waals surface area contributed by atoms with E-state index in [0.717, 1.165) is 6.21 Å². The molecule has 0 spiro atoms. The number of nitrogens with zero attached hydrogens (tertiary/aromatic N) is 1. The molecule has 2 rings (SSSR count). The van der Waals surface area contributed by atoms with Gasteiger partial charge in [-0.15, -0.1) is 0 Å². The number of rotatable bonds is 6. The third-order valence-electron chi connectivity index (χ3n) is 3.12. The van der Waals surface area contributed by atoms with E-state index in [1.165, 1.54) is 12.1 Å². The summed E-state index contributed by atoms with van der Waals surface area (Å²) in [6.07, 6.45) is 0.279. The Morgan fingerprint density at radius 1 is 1.26 bits per heavy atom. The van der Waals surface area contributed by atoms with Gasteiger partial charge in [0.25, 0.3) is 0 Å². The molecular weight excluding hydrogens is 306 g/mol. The van der Waals surface area contributed by atoms with E-state index in [1.54, 1.807) is 12.1 Å². The Morgan fingerprint density at radius 2 is 1.96 bits per heavy atom.